The van der Waals surface area contributed by atoms with Gasteiger partial charge in [0.25, 0.3) is 5.56 Å². The zero-order valence-corrected chi connectivity index (χ0v) is 11.4. The molecule has 0 radical (unpaired) electrons. The van der Waals surface area contributed by atoms with Gasteiger partial charge in [-0.05, 0) is 29.8 Å². The molecule has 0 saturated heterocycles. The molecule has 0 N–H and O–H groups in total. The van der Waals surface area contributed by atoms with Gasteiger partial charge in [-0.3, -0.25) is 13.9 Å². The van der Waals surface area contributed by atoms with Crippen molar-refractivity contribution in [3.63, 3.8) is 0 Å². The Morgan fingerprint density at radius 3 is 2.57 bits per heavy atom. The number of fused-ring (bicyclic) bond motifs is 1. The van der Waals surface area contributed by atoms with Gasteiger partial charge >= 0.3 is 5.69 Å². The maximum atomic E-state index is 13.2. The summed E-state index contributed by atoms with van der Waals surface area (Å²) in [5.41, 5.74) is 0.383. The molecule has 0 spiro atoms. The zero-order chi connectivity index (χ0) is 15.0. The quantitative estimate of drug-likeness (QED) is 0.721. The Hall–Kier alpha value is -2.69. The summed E-state index contributed by atoms with van der Waals surface area (Å²) in [6, 6.07) is 12.8. The highest BCUT2D eigenvalue weighted by molar-refractivity contribution is 5.77. The molecular weight excluding hydrogens is 271 g/mol. The Morgan fingerprint density at radius 1 is 1.05 bits per heavy atom. The lowest BCUT2D eigenvalue weighted by molar-refractivity contribution is 0.617. The van der Waals surface area contributed by atoms with Gasteiger partial charge < -0.3 is 0 Å². The van der Waals surface area contributed by atoms with Crippen LogP contribution < -0.4 is 11.2 Å². The topological polar surface area (TPSA) is 44.0 Å². The first-order valence-corrected chi connectivity index (χ1v) is 6.51. The van der Waals surface area contributed by atoms with Gasteiger partial charge in [0.2, 0.25) is 0 Å². The van der Waals surface area contributed by atoms with E-state index < -0.39 is 11.5 Å². The number of halogens is 1. The highest BCUT2D eigenvalue weighted by Gasteiger charge is 2.10. The molecule has 5 heteroatoms. The van der Waals surface area contributed by atoms with Crippen molar-refractivity contribution in [2.75, 3.05) is 0 Å². The van der Waals surface area contributed by atoms with E-state index in [0.29, 0.717) is 16.5 Å². The number of para-hydroxylation sites is 1. The van der Waals surface area contributed by atoms with Crippen LogP contribution in [-0.2, 0) is 13.6 Å². The summed E-state index contributed by atoms with van der Waals surface area (Å²) in [6.07, 6.45) is 0. The van der Waals surface area contributed by atoms with Gasteiger partial charge in [-0.1, -0.05) is 24.3 Å². The molecule has 0 amide bonds. The first kappa shape index (κ1) is 13.3. The Labute approximate surface area is 119 Å². The average molecular weight is 284 g/mol. The summed E-state index contributed by atoms with van der Waals surface area (Å²) in [5.74, 6) is -0.391. The van der Waals surface area contributed by atoms with Crippen LogP contribution >= 0.6 is 0 Å². The van der Waals surface area contributed by atoms with Crippen molar-refractivity contribution in [2.45, 2.75) is 6.54 Å². The highest BCUT2D eigenvalue weighted by atomic mass is 19.1. The first-order chi connectivity index (χ1) is 10.1. The molecule has 0 saturated carbocycles. The van der Waals surface area contributed by atoms with E-state index in [2.05, 4.69) is 0 Å². The van der Waals surface area contributed by atoms with Crippen molar-refractivity contribution in [2.24, 2.45) is 7.05 Å². The molecule has 2 aromatic carbocycles. The second-order valence-electron chi connectivity index (χ2n) is 4.88. The van der Waals surface area contributed by atoms with Gasteiger partial charge in [-0.2, -0.15) is 0 Å². The van der Waals surface area contributed by atoms with E-state index in [1.54, 1.807) is 43.4 Å². The molecule has 3 rings (SSSR count). The molecule has 1 heterocycles. The molecule has 3 aromatic rings. The van der Waals surface area contributed by atoms with Crippen LogP contribution in [0.1, 0.15) is 5.56 Å². The maximum Gasteiger partial charge on any atom is 0.331 e. The predicted octanol–water partition coefficient (Wildman–Crippen LogP) is 1.89. The molecule has 106 valence electrons. The largest absolute Gasteiger partial charge is 0.331 e. The Balaban J connectivity index is 2.24. The summed E-state index contributed by atoms with van der Waals surface area (Å²) in [4.78, 5) is 24.8. The Morgan fingerprint density at radius 2 is 1.81 bits per heavy atom. The van der Waals surface area contributed by atoms with Gasteiger partial charge in [0.1, 0.15) is 5.82 Å². The minimum absolute atomic E-state index is 0.0497. The van der Waals surface area contributed by atoms with Crippen molar-refractivity contribution in [3.05, 3.63) is 80.7 Å². The number of rotatable bonds is 2. The van der Waals surface area contributed by atoms with Crippen molar-refractivity contribution >= 4 is 10.9 Å². The molecule has 4 nitrogen and oxygen atoms in total. The highest BCUT2D eigenvalue weighted by Crippen LogP contribution is 2.08. The van der Waals surface area contributed by atoms with Crippen molar-refractivity contribution in [3.8, 4) is 0 Å². The van der Waals surface area contributed by atoms with Gasteiger partial charge in [-0.15, -0.1) is 0 Å². The maximum absolute atomic E-state index is 13.2. The third-order valence-corrected chi connectivity index (χ3v) is 3.49. The fourth-order valence-corrected chi connectivity index (χ4v) is 2.42. The van der Waals surface area contributed by atoms with Crippen LogP contribution in [-0.4, -0.2) is 9.13 Å². The molecule has 21 heavy (non-hydrogen) atoms. The molecular formula is C16H13FN2O2. The molecule has 1 aromatic heterocycles. The summed E-state index contributed by atoms with van der Waals surface area (Å²) in [6.45, 7) is 0.0497. The smallest absolute Gasteiger partial charge is 0.296 e. The lowest BCUT2D eigenvalue weighted by Crippen LogP contribution is -2.39. The van der Waals surface area contributed by atoms with Crippen LogP contribution in [0.3, 0.4) is 0 Å². The zero-order valence-electron chi connectivity index (χ0n) is 11.4. The van der Waals surface area contributed by atoms with E-state index in [4.69, 9.17) is 0 Å². The van der Waals surface area contributed by atoms with Gasteiger partial charge in [0.15, 0.2) is 0 Å². The molecule has 0 fully saturated rings. The van der Waals surface area contributed by atoms with E-state index in [9.17, 15) is 14.0 Å². The molecule has 0 bridgehead atoms. The molecule has 0 unspecified atom stereocenters. The predicted molar refractivity (Wildman–Crippen MR) is 79.0 cm³/mol. The van der Waals surface area contributed by atoms with Crippen molar-refractivity contribution in [1.29, 1.82) is 0 Å². The minimum Gasteiger partial charge on any atom is -0.296 e. The van der Waals surface area contributed by atoms with E-state index in [0.717, 1.165) is 4.57 Å². The minimum atomic E-state index is -0.414. The molecule has 0 aliphatic carbocycles. The summed E-state index contributed by atoms with van der Waals surface area (Å²) in [5, 5.41) is 0.469. The monoisotopic (exact) mass is 284 g/mol. The van der Waals surface area contributed by atoms with Crippen molar-refractivity contribution < 1.29 is 4.39 Å². The van der Waals surface area contributed by atoms with Crippen LogP contribution in [0.4, 0.5) is 4.39 Å². The third kappa shape index (κ3) is 2.27. The van der Waals surface area contributed by atoms with E-state index in [1.165, 1.54) is 16.7 Å². The van der Waals surface area contributed by atoms with Crippen LogP contribution in [0.15, 0.2) is 58.1 Å². The Bertz CT molecular complexity index is 941. The fraction of sp³-hybridized carbons (Fsp3) is 0.125. The van der Waals surface area contributed by atoms with E-state index >= 15 is 0 Å². The number of hydrogen-bond acceptors (Lipinski definition) is 2. The lowest BCUT2D eigenvalue weighted by atomic mass is 10.2. The van der Waals surface area contributed by atoms with E-state index in [-0.39, 0.29) is 12.1 Å². The summed E-state index contributed by atoms with van der Waals surface area (Å²) in [7, 11) is 1.62. The Kier molecular flexibility index (Phi) is 3.17. The molecule has 0 atom stereocenters. The van der Waals surface area contributed by atoms with Crippen LogP contribution in [0.25, 0.3) is 10.9 Å². The number of hydrogen-bond donors (Lipinski definition) is 0. The van der Waals surface area contributed by atoms with E-state index in [1.807, 2.05) is 0 Å². The SMILES string of the molecule is Cn1c(=O)n(Cc2cccc(F)c2)c(=O)c2ccccc21. The number of benzene rings is 2. The lowest BCUT2D eigenvalue weighted by Gasteiger charge is -2.10. The van der Waals surface area contributed by atoms with Crippen LogP contribution in [0.5, 0.6) is 0 Å². The number of aryl methyl sites for hydroxylation is 1. The van der Waals surface area contributed by atoms with Gasteiger partial charge in [0, 0.05) is 7.05 Å². The standard InChI is InChI=1S/C16H13FN2O2/c1-18-14-8-3-2-7-13(14)15(20)19(16(18)21)10-11-5-4-6-12(17)9-11/h2-9H,10H2,1H3. The van der Waals surface area contributed by atoms with Gasteiger partial charge in [0.05, 0.1) is 17.4 Å². The fourth-order valence-electron chi connectivity index (χ4n) is 2.42. The first-order valence-electron chi connectivity index (χ1n) is 6.51. The second kappa shape index (κ2) is 5.01. The number of aromatic nitrogens is 2. The summed E-state index contributed by atoms with van der Waals surface area (Å²) < 4.78 is 15.8. The number of nitrogens with zero attached hydrogens (tertiary/aromatic N) is 2. The van der Waals surface area contributed by atoms with Crippen LogP contribution in [0.2, 0.25) is 0 Å². The summed E-state index contributed by atoms with van der Waals surface area (Å²) >= 11 is 0. The average Bonchev–Trinajstić information content (AvgIpc) is 2.49. The normalized spacial score (nSPS) is 11.0. The second-order valence-corrected chi connectivity index (χ2v) is 4.88. The molecule has 0 aliphatic heterocycles. The third-order valence-electron chi connectivity index (χ3n) is 3.49. The van der Waals surface area contributed by atoms with Gasteiger partial charge in [-0.25, -0.2) is 9.18 Å². The molecule has 0 aliphatic rings. The van der Waals surface area contributed by atoms with Crippen LogP contribution in [0, 0.1) is 5.82 Å². The van der Waals surface area contributed by atoms with Crippen molar-refractivity contribution in [1.82, 2.24) is 9.13 Å².